The Labute approximate surface area is 295 Å². The lowest BCUT2D eigenvalue weighted by molar-refractivity contribution is 1.65. The second-order valence-electron chi connectivity index (χ2n) is 9.50. The predicted octanol–water partition coefficient (Wildman–Crippen LogP) is 12.5. The number of hydrogen-bond acceptors (Lipinski definition) is 0. The molecule has 0 bridgehead atoms. The molecule has 9 aromatic carbocycles. The number of hydrogen-bond donors (Lipinski definition) is 0. The molecule has 0 atom stereocenters. The van der Waals surface area contributed by atoms with E-state index in [0.717, 1.165) is 0 Å². The smallest absolute Gasteiger partial charge is 0.0622 e. The molecule has 0 unspecified atom stereocenters. The van der Waals surface area contributed by atoms with E-state index in [1.165, 1.54) is 0 Å². The van der Waals surface area contributed by atoms with E-state index in [2.05, 4.69) is 0 Å². The van der Waals surface area contributed by atoms with Crippen LogP contribution < -0.4 is 0 Å². The van der Waals surface area contributed by atoms with Gasteiger partial charge in [-0.3, -0.25) is 0 Å². The Morgan fingerprint density at radius 2 is 0.818 bits per heavy atom. The first-order valence-corrected chi connectivity index (χ1v) is 13.0. The molecule has 9 rings (SSSR count). The van der Waals surface area contributed by atoms with Gasteiger partial charge in [0.15, 0.2) is 0 Å². The third kappa shape index (κ3) is 3.85. The third-order valence-electron chi connectivity index (χ3n) is 7.12. The molecule has 0 aliphatic rings. The van der Waals surface area contributed by atoms with Crippen molar-refractivity contribution in [3.8, 4) is 33.4 Å². The number of benzene rings is 9. The van der Waals surface area contributed by atoms with Crippen LogP contribution in [0.2, 0.25) is 0 Å². The lowest BCUT2D eigenvalue weighted by Crippen LogP contribution is -1.93. The fourth-order valence-electron chi connectivity index (χ4n) is 5.28. The Morgan fingerprint density at radius 3 is 1.61 bits per heavy atom. The minimum absolute atomic E-state index is 0.579. The highest BCUT2D eigenvalue weighted by Gasteiger charge is 2.19. The molecule has 44 heavy (non-hydrogen) atoms. The molecule has 9 aromatic rings. The van der Waals surface area contributed by atoms with Gasteiger partial charge in [-0.1, -0.05) is 151 Å². The number of rotatable bonds is 3. The van der Waals surface area contributed by atoms with Gasteiger partial charge in [0.1, 0.15) is 0 Å². The second kappa shape index (κ2) is 9.93. The van der Waals surface area contributed by atoms with Gasteiger partial charge in [-0.2, -0.15) is 0 Å². The van der Waals surface area contributed by atoms with Crippen LogP contribution in [0.5, 0.6) is 0 Å². The van der Waals surface area contributed by atoms with E-state index in [-0.39, 0.29) is 0 Å². The van der Waals surface area contributed by atoms with Gasteiger partial charge in [0, 0.05) is 0 Å². The Kier molecular flexibility index (Phi) is 2.18. The Balaban J connectivity index is 1.73. The zero-order chi connectivity index (χ0) is 53.4. The minimum atomic E-state index is -1.13. The van der Waals surface area contributed by atoms with Crippen LogP contribution in [0.3, 0.4) is 0 Å². The first-order valence-electron chi connectivity index (χ1n) is 27.0. The molecule has 0 heterocycles. The van der Waals surface area contributed by atoms with Crippen LogP contribution in [-0.2, 0) is 0 Å². The summed E-state index contributed by atoms with van der Waals surface area (Å²) in [5.41, 5.74) is -5.01. The van der Waals surface area contributed by atoms with Crippen LogP contribution in [0, 0.1) is 0 Å². The minimum Gasteiger partial charge on any atom is -0.0622 e. The molecule has 0 nitrogen and oxygen atoms in total. The molecule has 0 fully saturated rings. The van der Waals surface area contributed by atoms with Crippen LogP contribution >= 0.6 is 0 Å². The molecular formula is C44H28. The van der Waals surface area contributed by atoms with Crippen LogP contribution in [0.25, 0.3) is 87.2 Å². The summed E-state index contributed by atoms with van der Waals surface area (Å²) in [4.78, 5) is 0. The second-order valence-corrected chi connectivity index (χ2v) is 9.50. The van der Waals surface area contributed by atoms with Crippen LogP contribution in [0.15, 0.2) is 169 Å². The van der Waals surface area contributed by atoms with Gasteiger partial charge in [-0.25, -0.2) is 0 Å². The van der Waals surface area contributed by atoms with E-state index >= 15 is 0 Å². The highest BCUT2D eigenvalue weighted by atomic mass is 14.2. The average Bonchev–Trinajstić information content (AvgIpc) is 3.35. The van der Waals surface area contributed by atoms with E-state index in [1.807, 2.05) is 0 Å². The van der Waals surface area contributed by atoms with Crippen molar-refractivity contribution >= 4 is 53.9 Å². The zero-order valence-corrected chi connectivity index (χ0v) is 22.0. The predicted molar refractivity (Wildman–Crippen MR) is 190 cm³/mol. The van der Waals surface area contributed by atoms with Gasteiger partial charge in [0.05, 0.1) is 38.4 Å². The van der Waals surface area contributed by atoms with Gasteiger partial charge in [-0.15, -0.1) is 0 Å². The third-order valence-corrected chi connectivity index (χ3v) is 7.12. The van der Waals surface area contributed by atoms with Gasteiger partial charge in [0.25, 0.3) is 0 Å². The van der Waals surface area contributed by atoms with Crippen molar-refractivity contribution in [3.05, 3.63) is 169 Å². The molecular weight excluding hydrogens is 528 g/mol. The van der Waals surface area contributed by atoms with Crippen molar-refractivity contribution in [1.29, 1.82) is 0 Å². The van der Waals surface area contributed by atoms with Crippen LogP contribution in [0.4, 0.5) is 0 Å². The summed E-state index contributed by atoms with van der Waals surface area (Å²) >= 11 is 0. The molecule has 0 N–H and O–H groups in total. The molecule has 0 aliphatic carbocycles. The van der Waals surface area contributed by atoms with Gasteiger partial charge >= 0.3 is 0 Å². The van der Waals surface area contributed by atoms with Crippen molar-refractivity contribution in [2.24, 2.45) is 0 Å². The maximum Gasteiger partial charge on any atom is 0.0636 e. The Bertz CT molecular complexity index is 4090. The standard InChI is InChI=1S/C44H28/c1-2-13-30(14-3-1)43-38-20-10-11-21-39(38)44(41-28-34-16-6-7-17-35(34)36-18-8-9-19-37(36)41)40-25-24-33(27-42(40)43)32-23-22-29-12-4-5-15-31(29)26-32/h1-28H/i1D,2D,3D,4D,5D,6D,7D,8D,9D,10D,11D,12D,13D,14D,15D,16D,17D,18D,19D,20D,21D,22D,23D,24D,25D,26D,27D,28D. The maximum atomic E-state index is 10.1. The molecule has 0 radical (unpaired) electrons. The van der Waals surface area contributed by atoms with Crippen molar-refractivity contribution in [3.63, 3.8) is 0 Å². The van der Waals surface area contributed by atoms with E-state index in [4.69, 9.17) is 26.0 Å². The normalized spacial score (nSPS) is 20.5. The summed E-state index contributed by atoms with van der Waals surface area (Å²) in [5.74, 6) is 0. The molecule has 204 valence electrons. The Hall–Kier alpha value is -5.72. The summed E-state index contributed by atoms with van der Waals surface area (Å²) in [5, 5.41) is -7.11. The average molecular weight is 585 g/mol. The van der Waals surface area contributed by atoms with Crippen molar-refractivity contribution in [1.82, 2.24) is 0 Å². The lowest BCUT2D eigenvalue weighted by atomic mass is 9.83. The van der Waals surface area contributed by atoms with E-state index in [1.54, 1.807) is 0 Å². The SMILES string of the molecule is [2H]c1c([2H])c([2H])c(-c2c3c([2H])c([2H])c([2H])c([2H])c3c(-c3c([2H])c4c([2H])c([2H])c([2H])c([2H])c4c4c([2H])c([2H])c([2H])c([2H])c34)c3c([2H])c([2H])c(-c4c([2H])c([2H])c5c([2H])c([2H])c([2H])c([2H])c5c4[2H])c([2H])c23)c([2H])c1[2H]. The molecule has 0 aliphatic heterocycles. The molecule has 0 saturated heterocycles. The molecule has 0 spiro atoms. The summed E-state index contributed by atoms with van der Waals surface area (Å²) in [6.07, 6.45) is 0. The number of fused-ring (bicyclic) bond motifs is 6. The lowest BCUT2D eigenvalue weighted by Gasteiger charge is -2.20. The van der Waals surface area contributed by atoms with Crippen molar-refractivity contribution in [2.45, 2.75) is 0 Å². The quantitative estimate of drug-likeness (QED) is 0.143. The first-order chi connectivity index (χ1) is 33.5. The monoisotopic (exact) mass is 584 g/mol. The van der Waals surface area contributed by atoms with E-state index in [0.29, 0.717) is 0 Å². The highest BCUT2D eigenvalue weighted by Crippen LogP contribution is 2.47. The first kappa shape index (κ1) is 9.64. The summed E-state index contributed by atoms with van der Waals surface area (Å²) in [6, 6.07) is -27.1. The molecule has 0 saturated carbocycles. The van der Waals surface area contributed by atoms with E-state index in [9.17, 15) is 12.3 Å². The van der Waals surface area contributed by atoms with Crippen molar-refractivity contribution in [2.75, 3.05) is 0 Å². The summed E-state index contributed by atoms with van der Waals surface area (Å²) in [7, 11) is 0. The fourth-order valence-corrected chi connectivity index (χ4v) is 5.28. The highest BCUT2D eigenvalue weighted by molar-refractivity contribution is 6.26. The van der Waals surface area contributed by atoms with Crippen molar-refractivity contribution < 1.29 is 38.4 Å². The van der Waals surface area contributed by atoms with Gasteiger partial charge in [-0.05, 0) is 105 Å². The maximum absolute atomic E-state index is 10.1. The van der Waals surface area contributed by atoms with Crippen LogP contribution in [-0.4, -0.2) is 0 Å². The topological polar surface area (TPSA) is 0 Å². The van der Waals surface area contributed by atoms with Gasteiger partial charge < -0.3 is 0 Å². The zero-order valence-electron chi connectivity index (χ0n) is 50.0. The van der Waals surface area contributed by atoms with E-state index < -0.39 is 256 Å². The Morgan fingerprint density at radius 1 is 0.273 bits per heavy atom. The molecule has 0 heteroatoms. The summed E-state index contributed by atoms with van der Waals surface area (Å²) in [6.45, 7) is 0. The molecule has 0 amide bonds. The van der Waals surface area contributed by atoms with Crippen LogP contribution in [0.1, 0.15) is 38.4 Å². The molecule has 0 aromatic heterocycles. The largest absolute Gasteiger partial charge is 0.0636 e. The fraction of sp³-hybridized carbons (Fsp3) is 0. The summed E-state index contributed by atoms with van der Waals surface area (Å²) < 4.78 is 253. The van der Waals surface area contributed by atoms with Gasteiger partial charge in [0.2, 0.25) is 0 Å².